The molecular weight excluding hydrogens is 961 g/mol. The number of sulfone groups is 1. The first kappa shape index (κ1) is 55.6. The largest absolute Gasteiger partial charge is 0.497 e. The second-order valence-corrected chi connectivity index (χ2v) is 21.4. The van der Waals surface area contributed by atoms with Crippen molar-refractivity contribution in [1.29, 1.82) is 0 Å². The van der Waals surface area contributed by atoms with E-state index in [1.54, 1.807) is 42.3 Å². The Kier molecular flexibility index (Phi) is 19.4. The van der Waals surface area contributed by atoms with Crippen LogP contribution in [0.4, 0.5) is 17.1 Å². The highest BCUT2D eigenvalue weighted by Crippen LogP contribution is 2.50. The fourth-order valence-corrected chi connectivity index (χ4v) is 12.4. The quantitative estimate of drug-likeness (QED) is 0.0307. The van der Waals surface area contributed by atoms with Crippen molar-refractivity contribution in [3.05, 3.63) is 149 Å². The van der Waals surface area contributed by atoms with Gasteiger partial charge in [0.05, 0.1) is 68.4 Å². The van der Waals surface area contributed by atoms with Crippen molar-refractivity contribution >= 4 is 44.6 Å². The third-order valence-electron chi connectivity index (χ3n) is 14.4. The lowest BCUT2D eigenvalue weighted by Crippen LogP contribution is -2.55. The van der Waals surface area contributed by atoms with Crippen LogP contribution in [0.2, 0.25) is 0 Å². The summed E-state index contributed by atoms with van der Waals surface area (Å²) in [5.74, 6) is -1.07. The summed E-state index contributed by atoms with van der Waals surface area (Å²) in [6.07, 6.45) is 2.03. The number of aliphatic hydroxyl groups is 2. The topological polar surface area (TPSA) is 193 Å². The highest BCUT2D eigenvalue weighted by molar-refractivity contribution is 7.91. The molecule has 4 N–H and O–H groups in total. The van der Waals surface area contributed by atoms with Crippen molar-refractivity contribution in [2.45, 2.75) is 88.0 Å². The number of methoxy groups -OCH3 is 1. The number of benzene rings is 5. The first-order chi connectivity index (χ1) is 35.7. The summed E-state index contributed by atoms with van der Waals surface area (Å²) in [5, 5.41) is 28.9. The number of hydrogen-bond acceptors (Lipinski definition) is 12. The van der Waals surface area contributed by atoms with Crippen molar-refractivity contribution in [2.75, 3.05) is 81.7 Å². The van der Waals surface area contributed by atoms with Crippen LogP contribution in [0.5, 0.6) is 5.75 Å². The van der Waals surface area contributed by atoms with Gasteiger partial charge >= 0.3 is 0 Å². The van der Waals surface area contributed by atoms with E-state index in [9.17, 15) is 33.0 Å². The molecule has 0 aliphatic carbocycles. The van der Waals surface area contributed by atoms with Crippen molar-refractivity contribution < 1.29 is 52.0 Å². The number of nitrogens with zero attached hydrogens (tertiary/aromatic N) is 2. The van der Waals surface area contributed by atoms with Crippen LogP contribution < -0.4 is 25.2 Å². The summed E-state index contributed by atoms with van der Waals surface area (Å²) >= 11 is 0. The monoisotopic (exact) mass is 1030 g/mol. The van der Waals surface area contributed by atoms with Crippen molar-refractivity contribution in [3.8, 4) is 5.75 Å². The molecule has 2 aliphatic rings. The van der Waals surface area contributed by atoms with Crippen molar-refractivity contribution in [1.82, 2.24) is 5.32 Å². The number of rotatable bonds is 26. The van der Waals surface area contributed by atoms with Gasteiger partial charge in [-0.3, -0.25) is 14.4 Å². The van der Waals surface area contributed by atoms with E-state index in [2.05, 4.69) is 17.6 Å². The summed E-state index contributed by atoms with van der Waals surface area (Å²) in [5.41, 5.74) is 5.08. The standard InChI is InChI=1S/C58H72N4O11S/c1-6-8-29-58(7-2)39-74(68,69)51-28-23-46(61(3)4)35-49(51)54(56(58)66)43-15-12-16-44(34-43)60-53(65)38-73-33-31-71-30-32-72-37-52(64)59-36-40-17-21-45(22-18-40)62-55(42-19-24-47(70-5)25-20-42)48(57(62)67)26-27-50(63)41-13-10-9-11-14-41/h9-25,28,34-35,48,50,54-56,63,66H,6-8,26-27,29-33,36-39H2,1-5H3,(H,59,64)(H,60,65). The molecule has 1 fully saturated rings. The smallest absolute Gasteiger partial charge is 0.250 e. The Balaban J connectivity index is 0.821. The summed E-state index contributed by atoms with van der Waals surface area (Å²) in [6, 6.07) is 37.0. The molecule has 74 heavy (non-hydrogen) atoms. The lowest BCUT2D eigenvalue weighted by Gasteiger charge is -2.48. The molecule has 6 atom stereocenters. The zero-order valence-electron chi connectivity index (χ0n) is 43.2. The number of fused-ring (bicyclic) bond motifs is 1. The number of nitrogens with one attached hydrogen (secondary N) is 2. The van der Waals surface area contributed by atoms with Crippen LogP contribution in [-0.2, 0) is 45.0 Å². The van der Waals surface area contributed by atoms with Crippen molar-refractivity contribution in [3.63, 3.8) is 0 Å². The maximum absolute atomic E-state index is 14.0. The molecule has 0 aromatic heterocycles. The molecule has 0 radical (unpaired) electrons. The number of unbranched alkanes of at least 4 members (excludes halogenated alkanes) is 1. The highest BCUT2D eigenvalue weighted by atomic mass is 32.2. The average Bonchev–Trinajstić information content (AvgIpc) is 3.47. The number of ether oxygens (including phenoxy) is 4. The number of β-lactam (4-membered cyclic amide) rings is 1. The molecule has 3 amide bonds. The molecule has 2 heterocycles. The van der Waals surface area contributed by atoms with Gasteiger partial charge in [-0.25, -0.2) is 8.42 Å². The molecule has 15 nitrogen and oxygen atoms in total. The molecule has 5 aromatic carbocycles. The van der Waals surface area contributed by atoms with E-state index in [4.69, 9.17) is 18.9 Å². The zero-order valence-corrected chi connectivity index (χ0v) is 44.0. The predicted octanol–water partition coefficient (Wildman–Crippen LogP) is 8.15. The minimum Gasteiger partial charge on any atom is -0.497 e. The average molecular weight is 1030 g/mol. The third-order valence-corrected chi connectivity index (χ3v) is 16.4. The molecule has 6 unspecified atom stereocenters. The molecule has 7 rings (SSSR count). The van der Waals surface area contributed by atoms with Crippen LogP contribution in [0.25, 0.3) is 0 Å². The van der Waals surface area contributed by atoms with E-state index in [0.29, 0.717) is 42.5 Å². The summed E-state index contributed by atoms with van der Waals surface area (Å²) in [6.45, 7) is 4.61. The fraction of sp³-hybridized carbons (Fsp3) is 0.431. The third kappa shape index (κ3) is 13.6. The number of aliphatic hydroxyl groups excluding tert-OH is 2. The van der Waals surface area contributed by atoms with Gasteiger partial charge in [0.15, 0.2) is 9.84 Å². The van der Waals surface area contributed by atoms with E-state index in [0.717, 1.165) is 46.7 Å². The van der Waals surface area contributed by atoms with Crippen LogP contribution in [0, 0.1) is 11.3 Å². The number of anilines is 3. The van der Waals surface area contributed by atoms with Crippen molar-refractivity contribution in [2.24, 2.45) is 11.3 Å². The van der Waals surface area contributed by atoms with Gasteiger partial charge in [0.1, 0.15) is 19.0 Å². The Morgan fingerprint density at radius 2 is 1.51 bits per heavy atom. The molecule has 2 aliphatic heterocycles. The molecule has 16 heteroatoms. The lowest BCUT2D eigenvalue weighted by molar-refractivity contribution is -0.131. The second kappa shape index (κ2) is 25.9. The normalized spacial score (nSPS) is 20.4. The maximum atomic E-state index is 14.0. The Hall–Kier alpha value is -6.14. The minimum atomic E-state index is -3.74. The van der Waals surface area contributed by atoms with E-state index in [-0.39, 0.29) is 86.5 Å². The molecule has 5 aromatic rings. The molecule has 0 saturated carbocycles. The van der Waals surface area contributed by atoms with Gasteiger partial charge in [0.2, 0.25) is 17.7 Å². The van der Waals surface area contributed by atoms with Crippen LogP contribution >= 0.6 is 0 Å². The van der Waals surface area contributed by atoms with Gasteiger partial charge in [-0.2, -0.15) is 0 Å². The Morgan fingerprint density at radius 1 is 0.824 bits per heavy atom. The molecule has 0 spiro atoms. The van der Waals surface area contributed by atoms with Gasteiger partial charge in [0, 0.05) is 49.0 Å². The van der Waals surface area contributed by atoms with Crippen LogP contribution in [-0.4, -0.2) is 109 Å². The molecule has 0 bridgehead atoms. The van der Waals surface area contributed by atoms with Gasteiger partial charge in [-0.05, 0) is 108 Å². The SMILES string of the molecule is CCCCC1(CC)CS(=O)(=O)c2ccc(N(C)C)cc2C(c2cccc(NC(=O)COCCOCCOCC(=O)NCc3ccc(N4C(=O)C(CCC(O)c5ccccc5)C4c4ccc(OC)cc4)cc3)c2)C1O. The van der Waals surface area contributed by atoms with Crippen LogP contribution in [0.1, 0.15) is 98.3 Å². The molecule has 1 saturated heterocycles. The number of amides is 3. The van der Waals surface area contributed by atoms with E-state index >= 15 is 0 Å². The first-order valence-corrected chi connectivity index (χ1v) is 27.2. The zero-order chi connectivity index (χ0) is 52.8. The van der Waals surface area contributed by atoms with E-state index < -0.39 is 33.4 Å². The number of carbonyl (C=O) groups excluding carboxylic acids is 3. The fourth-order valence-electron chi connectivity index (χ4n) is 10.2. The summed E-state index contributed by atoms with van der Waals surface area (Å²) in [4.78, 5) is 43.2. The lowest BCUT2D eigenvalue weighted by atomic mass is 9.69. The van der Waals surface area contributed by atoms with Gasteiger partial charge in [-0.1, -0.05) is 93.4 Å². The Labute approximate surface area is 436 Å². The van der Waals surface area contributed by atoms with Gasteiger partial charge in [-0.15, -0.1) is 0 Å². The minimum absolute atomic E-state index is 0.00779. The predicted molar refractivity (Wildman–Crippen MR) is 286 cm³/mol. The molecular formula is C58H72N4O11S. The Morgan fingerprint density at radius 3 is 2.18 bits per heavy atom. The second-order valence-electron chi connectivity index (χ2n) is 19.5. The van der Waals surface area contributed by atoms with Crippen LogP contribution in [0.15, 0.2) is 126 Å². The molecule has 396 valence electrons. The summed E-state index contributed by atoms with van der Waals surface area (Å²) < 4.78 is 50.1. The first-order valence-electron chi connectivity index (χ1n) is 25.6. The van der Waals surface area contributed by atoms with E-state index in [1.165, 1.54) is 0 Å². The number of carbonyl (C=O) groups is 3. The highest BCUT2D eigenvalue weighted by Gasteiger charge is 2.50. The number of hydrogen-bond donors (Lipinski definition) is 4. The summed E-state index contributed by atoms with van der Waals surface area (Å²) in [7, 11) is 1.65. The van der Waals surface area contributed by atoms with E-state index in [1.807, 2.05) is 117 Å². The van der Waals surface area contributed by atoms with Gasteiger partial charge in [0.25, 0.3) is 0 Å². The Bertz CT molecular complexity index is 2760. The van der Waals surface area contributed by atoms with Gasteiger partial charge < -0.3 is 49.6 Å². The maximum Gasteiger partial charge on any atom is 0.250 e. The van der Waals surface area contributed by atoms with Crippen LogP contribution in [0.3, 0.4) is 0 Å².